The van der Waals surface area contributed by atoms with Gasteiger partial charge in [0.1, 0.15) is 0 Å². The summed E-state index contributed by atoms with van der Waals surface area (Å²) in [5.74, 6) is 0.564. The first-order chi connectivity index (χ1) is 10.9. The largest absolute Gasteiger partial charge is 0.348 e. The molecule has 0 saturated carbocycles. The Kier molecular flexibility index (Phi) is 4.28. The van der Waals surface area contributed by atoms with Gasteiger partial charge in [0.05, 0.1) is 11.2 Å². The number of hydrogen-bond acceptors (Lipinski definition) is 3. The lowest BCUT2D eigenvalue weighted by atomic mass is 9.89. The van der Waals surface area contributed by atoms with Gasteiger partial charge >= 0.3 is 5.69 Å². The van der Waals surface area contributed by atoms with Gasteiger partial charge in [0, 0.05) is 17.3 Å². The molecule has 1 aromatic carbocycles. The zero-order valence-electron chi connectivity index (χ0n) is 14.7. The molecule has 0 radical (unpaired) electrons. The van der Waals surface area contributed by atoms with E-state index in [4.69, 9.17) is 0 Å². The molecular weight excluding hydrogens is 286 g/mol. The van der Waals surface area contributed by atoms with E-state index in [1.54, 1.807) is 0 Å². The van der Waals surface area contributed by atoms with Crippen LogP contribution in [0.2, 0.25) is 0 Å². The maximum atomic E-state index is 12.7. The van der Waals surface area contributed by atoms with E-state index in [1.807, 2.05) is 16.7 Å². The molecule has 0 amide bonds. The molecule has 0 bridgehead atoms. The third-order valence-electron chi connectivity index (χ3n) is 4.88. The van der Waals surface area contributed by atoms with Gasteiger partial charge in [0.2, 0.25) is 0 Å². The predicted molar refractivity (Wildman–Crippen MR) is 94.9 cm³/mol. The van der Waals surface area contributed by atoms with Crippen LogP contribution in [0, 0.1) is 5.92 Å². The maximum Gasteiger partial charge on any atom is 0.348 e. The molecule has 2 heterocycles. The van der Waals surface area contributed by atoms with E-state index >= 15 is 0 Å². The lowest BCUT2D eigenvalue weighted by Crippen LogP contribution is -2.35. The van der Waals surface area contributed by atoms with E-state index in [1.165, 1.54) is 0 Å². The van der Waals surface area contributed by atoms with E-state index in [2.05, 4.69) is 49.8 Å². The van der Waals surface area contributed by atoms with Crippen molar-refractivity contribution in [3.63, 3.8) is 0 Å². The Labute approximate surface area is 138 Å². The molecule has 3 rings (SSSR count). The average Bonchev–Trinajstić information content (AvgIpc) is 2.50. The average molecular weight is 313 g/mol. The molecule has 1 saturated heterocycles. The van der Waals surface area contributed by atoms with Crippen LogP contribution in [0.5, 0.6) is 0 Å². The van der Waals surface area contributed by atoms with Crippen LogP contribution < -0.4 is 5.69 Å². The van der Waals surface area contributed by atoms with Crippen LogP contribution in [-0.4, -0.2) is 34.6 Å². The number of nitrogens with zero attached hydrogens (tertiary/aromatic N) is 3. The van der Waals surface area contributed by atoms with Crippen LogP contribution in [-0.2, 0) is 12.0 Å². The highest BCUT2D eigenvalue weighted by atomic mass is 16.1. The minimum Gasteiger partial charge on any atom is -0.306 e. The van der Waals surface area contributed by atoms with Gasteiger partial charge in [0.25, 0.3) is 0 Å². The molecule has 0 spiro atoms. The van der Waals surface area contributed by atoms with Gasteiger partial charge in [-0.05, 0) is 45.0 Å². The molecule has 23 heavy (non-hydrogen) atoms. The first-order valence-corrected chi connectivity index (χ1v) is 8.55. The van der Waals surface area contributed by atoms with Crippen LogP contribution >= 0.6 is 0 Å². The van der Waals surface area contributed by atoms with Gasteiger partial charge in [0.15, 0.2) is 0 Å². The van der Waals surface area contributed by atoms with E-state index < -0.39 is 0 Å². The molecule has 0 aliphatic carbocycles. The van der Waals surface area contributed by atoms with Crippen molar-refractivity contribution in [2.45, 2.75) is 45.6 Å². The third-order valence-corrected chi connectivity index (χ3v) is 4.88. The Bertz CT molecular complexity index is 749. The highest BCUT2D eigenvalue weighted by molar-refractivity contribution is 5.82. The summed E-state index contributed by atoms with van der Waals surface area (Å²) in [4.78, 5) is 19.5. The molecule has 0 unspecified atom stereocenters. The molecule has 1 fully saturated rings. The summed E-state index contributed by atoms with van der Waals surface area (Å²) in [6, 6.07) is 8.19. The first-order valence-electron chi connectivity index (χ1n) is 8.55. The Balaban J connectivity index is 2.04. The molecule has 1 aliphatic heterocycles. The summed E-state index contributed by atoms with van der Waals surface area (Å²) < 4.78 is 1.89. The van der Waals surface area contributed by atoms with Gasteiger partial charge in [-0.2, -0.15) is 4.98 Å². The number of hydrogen-bond donors (Lipinski definition) is 0. The summed E-state index contributed by atoms with van der Waals surface area (Å²) in [7, 11) is 2.16. The van der Waals surface area contributed by atoms with Crippen molar-refractivity contribution < 1.29 is 0 Å². The molecule has 1 aromatic heterocycles. The van der Waals surface area contributed by atoms with Crippen LogP contribution in [0.25, 0.3) is 10.9 Å². The van der Waals surface area contributed by atoms with Crippen LogP contribution in [0.3, 0.4) is 0 Å². The van der Waals surface area contributed by atoms with Crippen molar-refractivity contribution >= 4 is 10.9 Å². The van der Waals surface area contributed by atoms with E-state index in [9.17, 15) is 4.79 Å². The van der Waals surface area contributed by atoms with E-state index in [0.29, 0.717) is 5.92 Å². The number of likely N-dealkylation sites (tertiary alicyclic amines) is 1. The Morgan fingerprint density at radius 3 is 2.48 bits per heavy atom. The van der Waals surface area contributed by atoms with Gasteiger partial charge in [-0.3, -0.25) is 4.57 Å². The summed E-state index contributed by atoms with van der Waals surface area (Å²) in [5, 5.41) is 1.10. The van der Waals surface area contributed by atoms with Gasteiger partial charge < -0.3 is 4.90 Å². The third kappa shape index (κ3) is 3.32. The van der Waals surface area contributed by atoms with Crippen molar-refractivity contribution in [3.05, 3.63) is 40.4 Å². The second-order valence-electron chi connectivity index (χ2n) is 7.87. The fraction of sp³-hybridized carbons (Fsp3) is 0.579. The van der Waals surface area contributed by atoms with Crippen LogP contribution in [0.4, 0.5) is 0 Å². The summed E-state index contributed by atoms with van der Waals surface area (Å²) >= 11 is 0. The van der Waals surface area contributed by atoms with Crippen molar-refractivity contribution in [2.24, 2.45) is 5.92 Å². The number of aromatic nitrogens is 2. The molecular formula is C19H27N3O. The van der Waals surface area contributed by atoms with Crippen LogP contribution in [0.15, 0.2) is 29.1 Å². The van der Waals surface area contributed by atoms with E-state index in [-0.39, 0.29) is 11.1 Å². The van der Waals surface area contributed by atoms with E-state index in [0.717, 1.165) is 49.1 Å². The van der Waals surface area contributed by atoms with Crippen LogP contribution in [0.1, 0.15) is 39.3 Å². The fourth-order valence-corrected chi connectivity index (χ4v) is 3.48. The lowest BCUT2D eigenvalue weighted by molar-refractivity contribution is 0.205. The van der Waals surface area contributed by atoms with Crippen molar-refractivity contribution in [1.82, 2.24) is 14.5 Å². The van der Waals surface area contributed by atoms with Gasteiger partial charge in [-0.25, -0.2) is 4.79 Å². The second kappa shape index (κ2) is 6.08. The number of piperidine rings is 1. The minimum atomic E-state index is -0.134. The lowest BCUT2D eigenvalue weighted by Gasteiger charge is -2.30. The Hall–Kier alpha value is -1.68. The normalized spacial score (nSPS) is 17.7. The Morgan fingerprint density at radius 1 is 1.17 bits per heavy atom. The van der Waals surface area contributed by atoms with Gasteiger partial charge in [-0.15, -0.1) is 0 Å². The van der Waals surface area contributed by atoms with Gasteiger partial charge in [-0.1, -0.05) is 39.0 Å². The number of para-hydroxylation sites is 1. The SMILES string of the molecule is CN1CCC(Cn2c(=O)nc(C(C)(C)C)c3ccccc32)CC1. The zero-order chi connectivity index (χ0) is 16.6. The highest BCUT2D eigenvalue weighted by Crippen LogP contribution is 2.27. The fourth-order valence-electron chi connectivity index (χ4n) is 3.48. The smallest absolute Gasteiger partial charge is 0.306 e. The highest BCUT2D eigenvalue weighted by Gasteiger charge is 2.23. The molecule has 0 atom stereocenters. The number of fused-ring (bicyclic) bond motifs is 1. The predicted octanol–water partition coefficient (Wildman–Crippen LogP) is 3.04. The van der Waals surface area contributed by atoms with Crippen molar-refractivity contribution in [1.29, 1.82) is 0 Å². The number of benzene rings is 1. The first kappa shape index (κ1) is 16.2. The summed E-state index contributed by atoms with van der Waals surface area (Å²) in [6.45, 7) is 9.36. The molecule has 0 N–H and O–H groups in total. The van der Waals surface area contributed by atoms with Crippen molar-refractivity contribution in [2.75, 3.05) is 20.1 Å². The summed E-state index contributed by atoms with van der Waals surface area (Å²) in [6.07, 6.45) is 2.30. The zero-order valence-corrected chi connectivity index (χ0v) is 14.7. The molecule has 124 valence electrons. The number of rotatable bonds is 2. The molecule has 2 aromatic rings. The minimum absolute atomic E-state index is 0.104. The Morgan fingerprint density at radius 2 is 1.83 bits per heavy atom. The molecule has 1 aliphatic rings. The molecule has 4 nitrogen and oxygen atoms in total. The topological polar surface area (TPSA) is 38.1 Å². The monoisotopic (exact) mass is 313 g/mol. The quantitative estimate of drug-likeness (QED) is 0.855. The van der Waals surface area contributed by atoms with Crippen molar-refractivity contribution in [3.8, 4) is 0 Å². The second-order valence-corrected chi connectivity index (χ2v) is 7.87. The standard InChI is InChI=1S/C19H27N3O/c1-19(2,3)17-15-7-5-6-8-16(15)22(18(23)20-17)13-14-9-11-21(4)12-10-14/h5-8,14H,9-13H2,1-4H3. The summed E-state index contributed by atoms with van der Waals surface area (Å²) in [5.41, 5.74) is 1.69. The maximum absolute atomic E-state index is 12.7. The molecule has 4 heteroatoms.